The Hall–Kier alpha value is -0.870. The molecule has 1 heterocycles. The van der Waals surface area contributed by atoms with Gasteiger partial charge in [0.1, 0.15) is 6.10 Å². The van der Waals surface area contributed by atoms with Crippen LogP contribution in [0.3, 0.4) is 0 Å². The van der Waals surface area contributed by atoms with E-state index < -0.39 is 0 Å². The molecule has 30 heavy (non-hydrogen) atoms. The number of unbranched alkanes of at least 4 members (excludes halogenated alkanes) is 15. The zero-order valence-corrected chi connectivity index (χ0v) is 19.8. The Morgan fingerprint density at radius 2 is 1.43 bits per heavy atom. The summed E-state index contributed by atoms with van der Waals surface area (Å²) in [5, 5.41) is 2.94. The Morgan fingerprint density at radius 1 is 0.867 bits per heavy atom. The number of carbonyl (C=O) groups excluding carboxylic acids is 1. The minimum atomic E-state index is 0.0349. The van der Waals surface area contributed by atoms with Crippen LogP contribution in [-0.4, -0.2) is 38.4 Å². The molecule has 4 nitrogen and oxygen atoms in total. The van der Waals surface area contributed by atoms with Gasteiger partial charge in [-0.3, -0.25) is 4.79 Å². The number of hydrogen-bond acceptors (Lipinski definition) is 3. The highest BCUT2D eigenvalue weighted by atomic mass is 16.6. The molecule has 0 aliphatic carbocycles. The van der Waals surface area contributed by atoms with Crippen molar-refractivity contribution in [3.8, 4) is 0 Å². The molecular weight excluding hydrogens is 374 g/mol. The summed E-state index contributed by atoms with van der Waals surface area (Å²) < 4.78 is 10.6. The fourth-order valence-corrected chi connectivity index (χ4v) is 3.63. The van der Waals surface area contributed by atoms with Crippen LogP contribution in [0.1, 0.15) is 116 Å². The summed E-state index contributed by atoms with van der Waals surface area (Å²) in [5.41, 5.74) is 0. The highest BCUT2D eigenvalue weighted by Crippen LogP contribution is 2.13. The van der Waals surface area contributed by atoms with Gasteiger partial charge >= 0.3 is 0 Å². The first-order valence-electron chi connectivity index (χ1n) is 13.0. The van der Waals surface area contributed by atoms with E-state index in [1.165, 1.54) is 89.9 Å². The van der Waals surface area contributed by atoms with Crippen molar-refractivity contribution in [2.75, 3.05) is 26.4 Å². The second kappa shape index (κ2) is 21.4. The summed E-state index contributed by atoms with van der Waals surface area (Å²) in [6, 6.07) is 0. The molecule has 1 aliphatic rings. The van der Waals surface area contributed by atoms with Crippen molar-refractivity contribution >= 4 is 5.91 Å². The van der Waals surface area contributed by atoms with E-state index in [0.29, 0.717) is 12.7 Å². The van der Waals surface area contributed by atoms with Crippen molar-refractivity contribution in [3.05, 3.63) is 12.2 Å². The van der Waals surface area contributed by atoms with Gasteiger partial charge in [0.2, 0.25) is 5.91 Å². The topological polar surface area (TPSA) is 50.9 Å². The quantitative estimate of drug-likeness (QED) is 0.113. The minimum Gasteiger partial charge on any atom is -0.379 e. The van der Waals surface area contributed by atoms with Gasteiger partial charge in [0.05, 0.1) is 13.2 Å². The van der Waals surface area contributed by atoms with Crippen molar-refractivity contribution < 1.29 is 14.3 Å². The molecule has 1 unspecified atom stereocenters. The predicted octanol–water partition coefficient (Wildman–Crippen LogP) is 6.73. The lowest BCUT2D eigenvalue weighted by Crippen LogP contribution is -2.22. The first kappa shape index (κ1) is 27.2. The first-order chi connectivity index (χ1) is 14.8. The Morgan fingerprint density at radius 3 is 2.00 bits per heavy atom. The number of rotatable bonds is 23. The molecule has 0 aromatic carbocycles. The fourth-order valence-electron chi connectivity index (χ4n) is 3.63. The summed E-state index contributed by atoms with van der Waals surface area (Å²) >= 11 is 0. The molecule has 1 rings (SSSR count). The standard InChI is InChI=1S/C26H49NO3/c1-2-3-4-5-6-7-8-9-10-11-12-13-14-15-16-17-20-26(28)27-21-18-19-22-29-23-25-24-30-25/h17,20,25H,2-16,18-19,21-24H2,1H3,(H,27,28). The highest BCUT2D eigenvalue weighted by molar-refractivity contribution is 5.87. The Bertz CT molecular complexity index is 407. The molecule has 1 N–H and O–H groups in total. The van der Waals surface area contributed by atoms with Crippen molar-refractivity contribution in [2.24, 2.45) is 0 Å². The van der Waals surface area contributed by atoms with E-state index in [0.717, 1.165) is 39.0 Å². The van der Waals surface area contributed by atoms with Gasteiger partial charge < -0.3 is 14.8 Å². The maximum absolute atomic E-state index is 11.7. The molecule has 0 aromatic rings. The van der Waals surface area contributed by atoms with Gasteiger partial charge in [-0.1, -0.05) is 96.5 Å². The maximum atomic E-state index is 11.7. The number of carbonyl (C=O) groups is 1. The van der Waals surface area contributed by atoms with E-state index in [-0.39, 0.29) is 5.91 Å². The lowest BCUT2D eigenvalue weighted by molar-refractivity contribution is -0.116. The first-order valence-corrected chi connectivity index (χ1v) is 13.0. The van der Waals surface area contributed by atoms with Crippen LogP contribution in [0, 0.1) is 0 Å². The summed E-state index contributed by atoms with van der Waals surface area (Å²) in [7, 11) is 0. The third-order valence-corrected chi connectivity index (χ3v) is 5.71. The lowest BCUT2D eigenvalue weighted by Gasteiger charge is -2.03. The zero-order chi connectivity index (χ0) is 21.5. The number of ether oxygens (including phenoxy) is 2. The molecule has 1 saturated heterocycles. The van der Waals surface area contributed by atoms with Crippen LogP contribution < -0.4 is 5.32 Å². The maximum Gasteiger partial charge on any atom is 0.243 e. The average Bonchev–Trinajstić information content (AvgIpc) is 3.57. The van der Waals surface area contributed by atoms with E-state index in [1.807, 2.05) is 6.08 Å². The SMILES string of the molecule is CCCCCCCCCCCCCCCCC=CC(=O)NCCCCOCC1CO1. The van der Waals surface area contributed by atoms with E-state index in [4.69, 9.17) is 9.47 Å². The molecule has 4 heteroatoms. The molecule has 1 aliphatic heterocycles. The second-order valence-corrected chi connectivity index (χ2v) is 8.82. The molecule has 0 bridgehead atoms. The average molecular weight is 424 g/mol. The normalized spacial score (nSPS) is 15.7. The van der Waals surface area contributed by atoms with Crippen molar-refractivity contribution in [2.45, 2.75) is 122 Å². The van der Waals surface area contributed by atoms with Gasteiger partial charge in [-0.2, -0.15) is 0 Å². The summed E-state index contributed by atoms with van der Waals surface area (Å²) in [5.74, 6) is 0.0349. The highest BCUT2D eigenvalue weighted by Gasteiger charge is 2.21. The molecule has 1 atom stereocenters. The van der Waals surface area contributed by atoms with Crippen molar-refractivity contribution in [3.63, 3.8) is 0 Å². The lowest BCUT2D eigenvalue weighted by atomic mass is 10.0. The molecular formula is C26H49NO3. The Balaban J connectivity index is 1.71. The molecule has 0 saturated carbocycles. The third-order valence-electron chi connectivity index (χ3n) is 5.71. The number of epoxide rings is 1. The van der Waals surface area contributed by atoms with Gasteiger partial charge in [0.25, 0.3) is 0 Å². The van der Waals surface area contributed by atoms with Crippen LogP contribution in [0.25, 0.3) is 0 Å². The molecule has 1 fully saturated rings. The van der Waals surface area contributed by atoms with E-state index in [1.54, 1.807) is 6.08 Å². The number of hydrogen-bond donors (Lipinski definition) is 1. The molecule has 1 amide bonds. The van der Waals surface area contributed by atoms with Crippen LogP contribution in [0.5, 0.6) is 0 Å². The largest absolute Gasteiger partial charge is 0.379 e. The Labute approximate surface area is 186 Å². The third kappa shape index (κ3) is 20.4. The van der Waals surface area contributed by atoms with Crippen LogP contribution in [-0.2, 0) is 14.3 Å². The second-order valence-electron chi connectivity index (χ2n) is 8.82. The van der Waals surface area contributed by atoms with Gasteiger partial charge in [-0.15, -0.1) is 0 Å². The van der Waals surface area contributed by atoms with Gasteiger partial charge in [-0.25, -0.2) is 0 Å². The summed E-state index contributed by atoms with van der Waals surface area (Å²) in [4.78, 5) is 11.7. The fraction of sp³-hybridized carbons (Fsp3) is 0.885. The number of allylic oxidation sites excluding steroid dienone is 1. The predicted molar refractivity (Wildman–Crippen MR) is 127 cm³/mol. The van der Waals surface area contributed by atoms with Crippen LogP contribution in [0.2, 0.25) is 0 Å². The number of amides is 1. The summed E-state index contributed by atoms with van der Waals surface area (Å²) in [6.45, 7) is 5.33. The number of nitrogens with one attached hydrogen (secondary N) is 1. The molecule has 0 radical (unpaired) electrons. The van der Waals surface area contributed by atoms with Gasteiger partial charge in [0, 0.05) is 13.2 Å². The van der Waals surface area contributed by atoms with Crippen molar-refractivity contribution in [1.29, 1.82) is 0 Å². The zero-order valence-electron chi connectivity index (χ0n) is 19.8. The molecule has 0 aromatic heterocycles. The van der Waals surface area contributed by atoms with Crippen molar-refractivity contribution in [1.82, 2.24) is 5.32 Å². The van der Waals surface area contributed by atoms with Crippen LogP contribution in [0.15, 0.2) is 12.2 Å². The van der Waals surface area contributed by atoms with E-state index in [2.05, 4.69) is 12.2 Å². The van der Waals surface area contributed by atoms with Gasteiger partial charge in [0.15, 0.2) is 0 Å². The summed E-state index contributed by atoms with van der Waals surface area (Å²) in [6.07, 6.45) is 26.4. The monoisotopic (exact) mass is 423 g/mol. The van der Waals surface area contributed by atoms with Crippen LogP contribution in [0.4, 0.5) is 0 Å². The minimum absolute atomic E-state index is 0.0349. The molecule has 0 spiro atoms. The van der Waals surface area contributed by atoms with Gasteiger partial charge in [-0.05, 0) is 31.8 Å². The van der Waals surface area contributed by atoms with E-state index in [9.17, 15) is 4.79 Å². The smallest absolute Gasteiger partial charge is 0.243 e. The van der Waals surface area contributed by atoms with E-state index >= 15 is 0 Å². The Kier molecular flexibility index (Phi) is 19.3. The molecule has 176 valence electrons. The van der Waals surface area contributed by atoms with Crippen LogP contribution >= 0.6 is 0 Å².